The molecule has 1 N–H and O–H groups in total. The first-order chi connectivity index (χ1) is 19.6. The number of amides is 1. The van der Waals surface area contributed by atoms with Crippen LogP contribution in [0.25, 0.3) is 0 Å². The number of hydrogen-bond acceptors (Lipinski definition) is 8. The Morgan fingerprint density at radius 1 is 0.950 bits per heavy atom. The molecule has 1 saturated heterocycles. The van der Waals surface area contributed by atoms with Crippen LogP contribution in [-0.4, -0.2) is 54.1 Å². The van der Waals surface area contributed by atoms with Crippen LogP contribution in [0.5, 0.6) is 0 Å². The average Bonchev–Trinajstić information content (AvgIpc) is 3.00. The van der Waals surface area contributed by atoms with Crippen molar-refractivity contribution >= 4 is 29.2 Å². The highest BCUT2D eigenvalue weighted by molar-refractivity contribution is 7.98. The maximum absolute atomic E-state index is 14.3. The van der Waals surface area contributed by atoms with Crippen LogP contribution in [0, 0.1) is 5.82 Å². The summed E-state index contributed by atoms with van der Waals surface area (Å²) < 4.78 is 19.6. The van der Waals surface area contributed by atoms with Crippen LogP contribution in [0.4, 0.5) is 15.9 Å². The number of nitrogens with zero attached hydrogens (tertiary/aromatic N) is 5. The lowest BCUT2D eigenvalue weighted by molar-refractivity contribution is 0.0950. The van der Waals surface area contributed by atoms with Gasteiger partial charge in [-0.1, -0.05) is 42.1 Å². The highest BCUT2D eigenvalue weighted by Gasteiger charge is 2.21. The van der Waals surface area contributed by atoms with E-state index in [9.17, 15) is 9.18 Å². The topological polar surface area (TPSA) is 83.5 Å². The molecule has 4 aromatic rings. The molecule has 0 bridgehead atoms. The van der Waals surface area contributed by atoms with Crippen molar-refractivity contribution in [1.82, 2.24) is 20.3 Å². The molecule has 0 aliphatic carbocycles. The maximum atomic E-state index is 14.3. The van der Waals surface area contributed by atoms with Crippen LogP contribution >= 0.6 is 11.8 Å². The van der Waals surface area contributed by atoms with Crippen molar-refractivity contribution < 1.29 is 13.9 Å². The van der Waals surface area contributed by atoms with Gasteiger partial charge < -0.3 is 19.9 Å². The molecule has 8 nitrogen and oxygen atoms in total. The second kappa shape index (κ2) is 13.4. The molecule has 206 valence electrons. The number of thioether (sulfide) groups is 1. The minimum Gasteiger partial charge on any atom is -0.378 e. The molecule has 0 radical (unpaired) electrons. The third-order valence-corrected chi connectivity index (χ3v) is 7.47. The molecule has 0 unspecified atom stereocenters. The van der Waals surface area contributed by atoms with Gasteiger partial charge in [0.1, 0.15) is 11.6 Å². The molecule has 1 fully saturated rings. The number of benzene rings is 2. The molecule has 1 aliphatic rings. The number of ether oxygens (including phenoxy) is 1. The van der Waals surface area contributed by atoms with Crippen molar-refractivity contribution in [2.45, 2.75) is 24.1 Å². The summed E-state index contributed by atoms with van der Waals surface area (Å²) >= 11 is 1.52. The summed E-state index contributed by atoms with van der Waals surface area (Å²) in [4.78, 5) is 30.7. The van der Waals surface area contributed by atoms with Gasteiger partial charge in [0.05, 0.1) is 30.2 Å². The number of halogens is 1. The van der Waals surface area contributed by atoms with Crippen molar-refractivity contribution in [3.63, 3.8) is 0 Å². The third-order valence-electron chi connectivity index (χ3n) is 6.55. The summed E-state index contributed by atoms with van der Waals surface area (Å²) in [6.45, 7) is 3.58. The Labute approximate surface area is 237 Å². The van der Waals surface area contributed by atoms with Gasteiger partial charge in [-0.25, -0.2) is 14.4 Å². The number of nitrogens with one attached hydrogen (secondary N) is 1. The fraction of sp³-hybridized carbons (Fsp3) is 0.267. The normalized spacial score (nSPS) is 13.3. The first-order valence-electron chi connectivity index (χ1n) is 13.1. The van der Waals surface area contributed by atoms with E-state index in [-0.39, 0.29) is 11.7 Å². The first kappa shape index (κ1) is 27.5. The number of anilines is 2. The molecule has 2 aromatic heterocycles. The molecule has 0 saturated carbocycles. The largest absolute Gasteiger partial charge is 0.378 e. The molecule has 1 aliphatic heterocycles. The summed E-state index contributed by atoms with van der Waals surface area (Å²) in [6, 6.07) is 22.0. The summed E-state index contributed by atoms with van der Waals surface area (Å²) in [6.07, 6.45) is 1.71. The monoisotopic (exact) mass is 558 g/mol. The summed E-state index contributed by atoms with van der Waals surface area (Å²) in [7, 11) is 1.65. The quantitative estimate of drug-likeness (QED) is 0.222. The molecular formula is C30H31FN6O2S. The lowest BCUT2D eigenvalue weighted by Crippen LogP contribution is -2.47. The van der Waals surface area contributed by atoms with Crippen LogP contribution < -0.4 is 15.1 Å². The molecule has 10 heteroatoms. The van der Waals surface area contributed by atoms with E-state index in [4.69, 9.17) is 9.72 Å². The molecule has 0 spiro atoms. The fourth-order valence-electron chi connectivity index (χ4n) is 4.52. The van der Waals surface area contributed by atoms with Crippen LogP contribution in [0.15, 0.2) is 84.1 Å². The van der Waals surface area contributed by atoms with E-state index in [1.54, 1.807) is 25.4 Å². The number of pyridine rings is 1. The number of carbonyl (C=O) groups excluding carboxylic acids is 1. The van der Waals surface area contributed by atoms with Gasteiger partial charge in [0.25, 0.3) is 5.91 Å². The molecular weight excluding hydrogens is 527 g/mol. The van der Waals surface area contributed by atoms with E-state index in [0.29, 0.717) is 48.4 Å². The number of carbonyl (C=O) groups is 1. The molecule has 40 heavy (non-hydrogen) atoms. The Hall–Kier alpha value is -4.02. The molecule has 3 heterocycles. The number of methoxy groups -OCH3 is 1. The van der Waals surface area contributed by atoms with Crippen molar-refractivity contribution in [3.05, 3.63) is 107 Å². The zero-order valence-corrected chi connectivity index (χ0v) is 23.1. The van der Waals surface area contributed by atoms with E-state index in [0.717, 1.165) is 35.9 Å². The third kappa shape index (κ3) is 7.13. The van der Waals surface area contributed by atoms with Crippen LogP contribution in [-0.2, 0) is 23.6 Å². The van der Waals surface area contributed by atoms with Crippen LogP contribution in [0.3, 0.4) is 0 Å². The predicted molar refractivity (Wildman–Crippen MR) is 155 cm³/mol. The van der Waals surface area contributed by atoms with E-state index in [1.165, 1.54) is 17.8 Å². The van der Waals surface area contributed by atoms with Gasteiger partial charge in [-0.2, -0.15) is 0 Å². The van der Waals surface area contributed by atoms with Crippen molar-refractivity contribution in [3.8, 4) is 0 Å². The Balaban J connectivity index is 1.22. The second-order valence-corrected chi connectivity index (χ2v) is 10.3. The van der Waals surface area contributed by atoms with Crippen LogP contribution in [0.1, 0.15) is 27.3 Å². The van der Waals surface area contributed by atoms with Gasteiger partial charge >= 0.3 is 0 Å². The standard InChI is InChI=1S/C30H31FN6O2S/c1-39-20-25-18-28(37-15-13-36(14-16-37)27-11-3-2-10-26(27)31)35-30(34-25)40-21-22-7-6-8-23(17-22)29(38)33-19-24-9-4-5-12-32-24/h2-12,17-18H,13-16,19-21H2,1H3,(H,33,38). The summed E-state index contributed by atoms with van der Waals surface area (Å²) in [5, 5.41) is 3.57. The zero-order chi connectivity index (χ0) is 27.7. The van der Waals surface area contributed by atoms with E-state index in [2.05, 4.69) is 25.1 Å². The number of aromatic nitrogens is 3. The fourth-order valence-corrected chi connectivity index (χ4v) is 5.33. The minimum atomic E-state index is -0.200. The predicted octanol–water partition coefficient (Wildman–Crippen LogP) is 4.71. The van der Waals surface area contributed by atoms with E-state index < -0.39 is 0 Å². The highest BCUT2D eigenvalue weighted by Crippen LogP contribution is 2.26. The Morgan fingerprint density at radius 2 is 1.75 bits per heavy atom. The van der Waals surface area contributed by atoms with E-state index in [1.807, 2.05) is 54.6 Å². The smallest absolute Gasteiger partial charge is 0.251 e. The average molecular weight is 559 g/mol. The van der Waals surface area contributed by atoms with Crippen molar-refractivity contribution in [2.75, 3.05) is 43.1 Å². The zero-order valence-electron chi connectivity index (χ0n) is 22.3. The van der Waals surface area contributed by atoms with Crippen molar-refractivity contribution in [1.29, 1.82) is 0 Å². The number of hydrogen-bond donors (Lipinski definition) is 1. The summed E-state index contributed by atoms with van der Waals surface area (Å²) in [5.41, 5.74) is 3.83. The van der Waals surface area contributed by atoms with Gasteiger partial charge in [0.2, 0.25) is 0 Å². The van der Waals surface area contributed by atoms with Gasteiger partial charge in [-0.05, 0) is 42.0 Å². The lowest BCUT2D eigenvalue weighted by Gasteiger charge is -2.37. The minimum absolute atomic E-state index is 0.146. The lowest BCUT2D eigenvalue weighted by atomic mass is 10.1. The highest BCUT2D eigenvalue weighted by atomic mass is 32.2. The molecule has 2 aromatic carbocycles. The van der Waals surface area contributed by atoms with Crippen molar-refractivity contribution in [2.24, 2.45) is 0 Å². The number of piperazine rings is 1. The number of rotatable bonds is 10. The SMILES string of the molecule is COCc1cc(N2CCN(c3ccccc3F)CC2)nc(SCc2cccc(C(=O)NCc3ccccn3)c2)n1. The molecule has 0 atom stereocenters. The Morgan fingerprint density at radius 3 is 2.52 bits per heavy atom. The maximum Gasteiger partial charge on any atom is 0.251 e. The van der Waals surface area contributed by atoms with E-state index >= 15 is 0 Å². The first-order valence-corrected chi connectivity index (χ1v) is 14.1. The molecule has 5 rings (SSSR count). The van der Waals surface area contributed by atoms with Crippen LogP contribution in [0.2, 0.25) is 0 Å². The van der Waals surface area contributed by atoms with Gasteiger partial charge in [0, 0.05) is 56.9 Å². The Bertz CT molecular complexity index is 1430. The van der Waals surface area contributed by atoms with Gasteiger partial charge in [-0.15, -0.1) is 0 Å². The second-order valence-electron chi connectivity index (χ2n) is 9.35. The Kier molecular flexibility index (Phi) is 9.20. The summed E-state index contributed by atoms with van der Waals surface area (Å²) in [5.74, 6) is 1.10. The molecule has 1 amide bonds. The van der Waals surface area contributed by atoms with Gasteiger partial charge in [0.15, 0.2) is 5.16 Å². The van der Waals surface area contributed by atoms with Gasteiger partial charge in [-0.3, -0.25) is 9.78 Å². The number of para-hydroxylation sites is 1.